The minimum Gasteiger partial charge on any atom is -0.366 e. The van der Waals surface area contributed by atoms with E-state index in [4.69, 9.17) is 0 Å². The topological polar surface area (TPSA) is 57.8 Å². The van der Waals surface area contributed by atoms with Crippen LogP contribution < -0.4 is 11.0 Å². The van der Waals surface area contributed by atoms with Crippen LogP contribution in [0.3, 0.4) is 0 Å². The first-order chi connectivity index (χ1) is 7.70. The number of nitrogens with one attached hydrogen (secondary N) is 2. The fourth-order valence-electron chi connectivity index (χ4n) is 2.13. The normalized spacial score (nSPS) is 18.9. The molecule has 0 bridgehead atoms. The van der Waals surface area contributed by atoms with Gasteiger partial charge in [0.2, 0.25) is 0 Å². The lowest BCUT2D eigenvalue weighted by atomic mass is 9.88. The Morgan fingerprint density at radius 1 is 1.69 bits per heavy atom. The third-order valence-electron chi connectivity index (χ3n) is 2.97. The Labute approximate surface area is 94.8 Å². The molecule has 1 unspecified atom stereocenters. The van der Waals surface area contributed by atoms with Crippen LogP contribution in [0.25, 0.3) is 0 Å². The lowest BCUT2D eigenvalue weighted by molar-refractivity contribution is 0.492. The molecule has 86 valence electrons. The van der Waals surface area contributed by atoms with Crippen molar-refractivity contribution >= 4 is 5.82 Å². The van der Waals surface area contributed by atoms with Crippen molar-refractivity contribution in [1.29, 1.82) is 0 Å². The molecule has 4 heteroatoms. The van der Waals surface area contributed by atoms with Gasteiger partial charge in [0.1, 0.15) is 5.82 Å². The lowest BCUT2D eigenvalue weighted by Crippen LogP contribution is -2.24. The number of aromatic amines is 1. The van der Waals surface area contributed by atoms with Gasteiger partial charge in [-0.25, -0.2) is 4.79 Å². The quantitative estimate of drug-likeness (QED) is 0.757. The van der Waals surface area contributed by atoms with Crippen molar-refractivity contribution in [3.8, 4) is 0 Å². The van der Waals surface area contributed by atoms with E-state index >= 15 is 0 Å². The molecule has 0 saturated carbocycles. The van der Waals surface area contributed by atoms with Crippen LogP contribution in [0.5, 0.6) is 0 Å². The van der Waals surface area contributed by atoms with Gasteiger partial charge < -0.3 is 10.3 Å². The monoisotopic (exact) mass is 219 g/mol. The summed E-state index contributed by atoms with van der Waals surface area (Å²) in [4.78, 5) is 18.2. The fourth-order valence-corrected chi connectivity index (χ4v) is 2.13. The average molecular weight is 219 g/mol. The maximum absolute atomic E-state index is 11.4. The number of H-pyrrole nitrogens is 1. The van der Waals surface area contributed by atoms with Crippen molar-refractivity contribution in [2.45, 2.75) is 26.2 Å². The molecule has 0 saturated heterocycles. The summed E-state index contributed by atoms with van der Waals surface area (Å²) in [5.41, 5.74) is 1.95. The van der Waals surface area contributed by atoms with Crippen molar-refractivity contribution in [1.82, 2.24) is 9.97 Å². The van der Waals surface area contributed by atoms with Gasteiger partial charge in [-0.3, -0.25) is 0 Å². The van der Waals surface area contributed by atoms with Crippen LogP contribution in [-0.4, -0.2) is 16.5 Å². The molecular weight excluding hydrogens is 202 g/mol. The first kappa shape index (κ1) is 10.9. The molecule has 0 aliphatic heterocycles. The van der Waals surface area contributed by atoms with Crippen LogP contribution in [0.15, 0.2) is 17.4 Å². The molecule has 1 aromatic rings. The number of nitrogens with zero attached hydrogens (tertiary/aromatic N) is 1. The first-order valence-corrected chi connectivity index (χ1v) is 5.67. The predicted octanol–water partition coefficient (Wildman–Crippen LogP) is 1.49. The smallest absolute Gasteiger partial charge is 0.347 e. The van der Waals surface area contributed by atoms with Gasteiger partial charge in [0, 0.05) is 17.8 Å². The molecular formula is C12H17N3O. The predicted molar refractivity (Wildman–Crippen MR) is 64.7 cm³/mol. The molecule has 0 fully saturated rings. The molecule has 0 aromatic carbocycles. The van der Waals surface area contributed by atoms with Gasteiger partial charge >= 0.3 is 5.69 Å². The van der Waals surface area contributed by atoms with E-state index in [1.165, 1.54) is 5.56 Å². The number of aryl methyl sites for hydroxylation is 1. The van der Waals surface area contributed by atoms with Gasteiger partial charge in [0.05, 0.1) is 0 Å². The Morgan fingerprint density at radius 3 is 3.25 bits per heavy atom. The van der Waals surface area contributed by atoms with Gasteiger partial charge in [-0.05, 0) is 25.2 Å². The number of hydrogen-bond donors (Lipinski definition) is 2. The van der Waals surface area contributed by atoms with E-state index < -0.39 is 0 Å². The maximum Gasteiger partial charge on any atom is 0.347 e. The largest absolute Gasteiger partial charge is 0.366 e. The van der Waals surface area contributed by atoms with E-state index in [0.29, 0.717) is 12.5 Å². The Hall–Kier alpha value is -1.58. The second-order valence-corrected chi connectivity index (χ2v) is 4.37. The maximum atomic E-state index is 11.4. The summed E-state index contributed by atoms with van der Waals surface area (Å²) >= 11 is 0. The summed E-state index contributed by atoms with van der Waals surface area (Å²) < 4.78 is 0. The Bertz CT molecular complexity index is 450. The van der Waals surface area contributed by atoms with E-state index in [1.807, 2.05) is 0 Å². The van der Waals surface area contributed by atoms with Crippen LogP contribution >= 0.6 is 0 Å². The van der Waals surface area contributed by atoms with Crippen molar-refractivity contribution in [3.63, 3.8) is 0 Å². The minimum atomic E-state index is -0.264. The van der Waals surface area contributed by atoms with Crippen LogP contribution in [0.1, 0.15) is 24.6 Å². The summed E-state index contributed by atoms with van der Waals surface area (Å²) in [6.45, 7) is 6.51. The zero-order valence-electron chi connectivity index (χ0n) is 9.55. The SMILES string of the molecule is C=CCNc1nc(=O)[nH]c2c1CC(C)CC2. The van der Waals surface area contributed by atoms with Crippen molar-refractivity contribution < 1.29 is 0 Å². The second-order valence-electron chi connectivity index (χ2n) is 4.37. The third kappa shape index (κ3) is 2.15. The van der Waals surface area contributed by atoms with Gasteiger partial charge in [0.15, 0.2) is 0 Å². The van der Waals surface area contributed by atoms with E-state index in [0.717, 1.165) is 30.8 Å². The van der Waals surface area contributed by atoms with E-state index in [-0.39, 0.29) is 5.69 Å². The molecule has 4 nitrogen and oxygen atoms in total. The third-order valence-corrected chi connectivity index (χ3v) is 2.97. The summed E-state index contributed by atoms with van der Waals surface area (Å²) in [5.74, 6) is 1.38. The standard InChI is InChI=1S/C12H17N3O/c1-3-6-13-11-9-7-8(2)4-5-10(9)14-12(16)15-11/h3,8H,1,4-7H2,2H3,(H2,13,14,15,16). The highest BCUT2D eigenvalue weighted by Crippen LogP contribution is 2.26. The fraction of sp³-hybridized carbons (Fsp3) is 0.500. The zero-order chi connectivity index (χ0) is 11.5. The zero-order valence-corrected chi connectivity index (χ0v) is 9.55. The molecule has 0 spiro atoms. The van der Waals surface area contributed by atoms with Crippen LogP contribution in [0.4, 0.5) is 5.82 Å². The molecule has 2 N–H and O–H groups in total. The molecule has 1 aliphatic carbocycles. The minimum absolute atomic E-state index is 0.264. The molecule has 2 rings (SSSR count). The van der Waals surface area contributed by atoms with Gasteiger partial charge in [0.25, 0.3) is 0 Å². The Kier molecular flexibility index (Phi) is 3.08. The molecule has 1 atom stereocenters. The van der Waals surface area contributed by atoms with E-state index in [9.17, 15) is 4.79 Å². The van der Waals surface area contributed by atoms with Crippen LogP contribution in [0.2, 0.25) is 0 Å². The van der Waals surface area contributed by atoms with E-state index in [1.54, 1.807) is 6.08 Å². The average Bonchev–Trinajstić information content (AvgIpc) is 2.26. The highest BCUT2D eigenvalue weighted by Gasteiger charge is 2.19. The highest BCUT2D eigenvalue weighted by molar-refractivity contribution is 5.47. The molecule has 1 heterocycles. The number of aromatic nitrogens is 2. The van der Waals surface area contributed by atoms with Crippen LogP contribution in [0, 0.1) is 5.92 Å². The van der Waals surface area contributed by atoms with Gasteiger partial charge in [-0.1, -0.05) is 13.0 Å². The van der Waals surface area contributed by atoms with Gasteiger partial charge in [-0.2, -0.15) is 4.98 Å². The summed E-state index contributed by atoms with van der Waals surface area (Å²) in [5, 5.41) is 3.13. The number of rotatable bonds is 3. The Morgan fingerprint density at radius 2 is 2.50 bits per heavy atom. The van der Waals surface area contributed by atoms with Crippen molar-refractivity contribution in [3.05, 3.63) is 34.4 Å². The molecule has 16 heavy (non-hydrogen) atoms. The molecule has 1 aliphatic rings. The number of hydrogen-bond acceptors (Lipinski definition) is 3. The van der Waals surface area contributed by atoms with Crippen LogP contribution in [-0.2, 0) is 12.8 Å². The number of anilines is 1. The Balaban J connectivity index is 2.38. The summed E-state index contributed by atoms with van der Waals surface area (Å²) in [7, 11) is 0. The van der Waals surface area contributed by atoms with Crippen molar-refractivity contribution in [2.24, 2.45) is 5.92 Å². The highest BCUT2D eigenvalue weighted by atomic mass is 16.1. The van der Waals surface area contributed by atoms with Crippen molar-refractivity contribution in [2.75, 3.05) is 11.9 Å². The molecule has 1 aromatic heterocycles. The number of fused-ring (bicyclic) bond motifs is 1. The summed E-state index contributed by atoms with van der Waals surface area (Å²) in [6.07, 6.45) is 4.82. The second kappa shape index (κ2) is 4.51. The lowest BCUT2D eigenvalue weighted by Gasteiger charge is -2.22. The van der Waals surface area contributed by atoms with Gasteiger partial charge in [-0.15, -0.1) is 6.58 Å². The molecule has 0 radical (unpaired) electrons. The molecule has 0 amide bonds. The first-order valence-electron chi connectivity index (χ1n) is 5.67. The van der Waals surface area contributed by atoms with E-state index in [2.05, 4.69) is 28.8 Å². The summed E-state index contributed by atoms with van der Waals surface area (Å²) in [6, 6.07) is 0.